The molecule has 0 amide bonds. The zero-order valence-electron chi connectivity index (χ0n) is 10.1. The number of methoxy groups -OCH3 is 1. The quantitative estimate of drug-likeness (QED) is 0.811. The SMILES string of the molecule is CNC(CS)c1c(OC)cc(C)c(Cl)c1C. The lowest BCUT2D eigenvalue weighted by atomic mass is 9.98. The summed E-state index contributed by atoms with van der Waals surface area (Å²) < 4.78 is 5.41. The standard InChI is InChI=1S/C12H18ClNOS/c1-7-5-10(15-4)11(8(2)12(7)13)9(6-16)14-3/h5,9,14,16H,6H2,1-4H3. The average Bonchev–Trinajstić information content (AvgIpc) is 2.29. The van der Waals surface area contributed by atoms with Gasteiger partial charge in [0.15, 0.2) is 0 Å². The molecule has 0 radical (unpaired) electrons. The topological polar surface area (TPSA) is 21.3 Å². The third kappa shape index (κ3) is 2.47. The second-order valence-electron chi connectivity index (χ2n) is 3.77. The van der Waals surface area contributed by atoms with Gasteiger partial charge in [0.25, 0.3) is 0 Å². The number of ether oxygens (including phenoxy) is 1. The molecule has 0 spiro atoms. The number of aryl methyl sites for hydroxylation is 1. The second kappa shape index (κ2) is 5.80. The molecule has 0 heterocycles. The highest BCUT2D eigenvalue weighted by Crippen LogP contribution is 2.35. The summed E-state index contributed by atoms with van der Waals surface area (Å²) >= 11 is 10.6. The molecule has 2 nitrogen and oxygen atoms in total. The maximum absolute atomic E-state index is 6.26. The van der Waals surface area contributed by atoms with Gasteiger partial charge in [0.05, 0.1) is 7.11 Å². The Bertz CT molecular complexity index is 378. The van der Waals surface area contributed by atoms with Gasteiger partial charge in [0, 0.05) is 22.4 Å². The van der Waals surface area contributed by atoms with E-state index in [-0.39, 0.29) is 6.04 Å². The van der Waals surface area contributed by atoms with Crippen molar-refractivity contribution in [3.05, 3.63) is 27.8 Å². The van der Waals surface area contributed by atoms with Crippen LogP contribution in [0, 0.1) is 13.8 Å². The van der Waals surface area contributed by atoms with Crippen molar-refractivity contribution in [3.63, 3.8) is 0 Å². The molecule has 1 atom stereocenters. The van der Waals surface area contributed by atoms with Crippen LogP contribution in [0.1, 0.15) is 22.7 Å². The number of halogens is 1. The molecular weight excluding hydrogens is 242 g/mol. The molecule has 1 rings (SSSR count). The lowest BCUT2D eigenvalue weighted by molar-refractivity contribution is 0.403. The molecule has 16 heavy (non-hydrogen) atoms. The van der Waals surface area contributed by atoms with Crippen LogP contribution in [0.3, 0.4) is 0 Å². The first kappa shape index (κ1) is 13.7. The van der Waals surface area contributed by atoms with E-state index in [0.29, 0.717) is 5.75 Å². The maximum Gasteiger partial charge on any atom is 0.124 e. The van der Waals surface area contributed by atoms with Gasteiger partial charge in [-0.3, -0.25) is 0 Å². The van der Waals surface area contributed by atoms with Crippen LogP contribution in [-0.4, -0.2) is 19.9 Å². The van der Waals surface area contributed by atoms with Crippen LogP contribution < -0.4 is 10.1 Å². The molecule has 0 aromatic heterocycles. The first-order chi connectivity index (χ1) is 7.56. The van der Waals surface area contributed by atoms with Crippen LogP contribution in [0.2, 0.25) is 5.02 Å². The van der Waals surface area contributed by atoms with Crippen molar-refractivity contribution in [1.29, 1.82) is 0 Å². The lowest BCUT2D eigenvalue weighted by Crippen LogP contribution is -2.20. The largest absolute Gasteiger partial charge is 0.496 e. The smallest absolute Gasteiger partial charge is 0.124 e. The van der Waals surface area contributed by atoms with Gasteiger partial charge < -0.3 is 10.1 Å². The van der Waals surface area contributed by atoms with Gasteiger partial charge >= 0.3 is 0 Å². The summed E-state index contributed by atoms with van der Waals surface area (Å²) in [4.78, 5) is 0. The number of hydrogen-bond acceptors (Lipinski definition) is 3. The van der Waals surface area contributed by atoms with Gasteiger partial charge in [-0.15, -0.1) is 0 Å². The van der Waals surface area contributed by atoms with Crippen molar-refractivity contribution in [2.45, 2.75) is 19.9 Å². The van der Waals surface area contributed by atoms with Crippen LogP contribution in [0.25, 0.3) is 0 Å². The van der Waals surface area contributed by atoms with E-state index in [1.54, 1.807) is 7.11 Å². The zero-order valence-corrected chi connectivity index (χ0v) is 11.7. The van der Waals surface area contributed by atoms with Gasteiger partial charge in [-0.2, -0.15) is 12.6 Å². The van der Waals surface area contributed by atoms with Crippen LogP contribution in [0.5, 0.6) is 5.75 Å². The second-order valence-corrected chi connectivity index (χ2v) is 4.52. The van der Waals surface area contributed by atoms with Crippen LogP contribution in [0.4, 0.5) is 0 Å². The van der Waals surface area contributed by atoms with Crippen LogP contribution in [0.15, 0.2) is 6.07 Å². The Morgan fingerprint density at radius 2 is 2.12 bits per heavy atom. The van der Waals surface area contributed by atoms with Crippen molar-refractivity contribution < 1.29 is 4.74 Å². The Morgan fingerprint density at radius 1 is 1.50 bits per heavy atom. The summed E-state index contributed by atoms with van der Waals surface area (Å²) in [5.74, 6) is 1.57. The van der Waals surface area contributed by atoms with Crippen LogP contribution >= 0.6 is 24.2 Å². The minimum atomic E-state index is 0.149. The number of benzene rings is 1. The van der Waals surface area contributed by atoms with E-state index in [9.17, 15) is 0 Å². The molecule has 0 aliphatic rings. The Labute approximate surface area is 108 Å². The molecule has 90 valence electrons. The molecule has 0 saturated heterocycles. The number of nitrogens with one attached hydrogen (secondary N) is 1. The van der Waals surface area contributed by atoms with Crippen molar-refractivity contribution in [2.24, 2.45) is 0 Å². The lowest BCUT2D eigenvalue weighted by Gasteiger charge is -2.21. The fourth-order valence-electron chi connectivity index (χ4n) is 1.87. The van der Waals surface area contributed by atoms with Gasteiger partial charge in [-0.25, -0.2) is 0 Å². The summed E-state index contributed by atoms with van der Waals surface area (Å²) in [5.41, 5.74) is 3.19. The van der Waals surface area contributed by atoms with E-state index in [4.69, 9.17) is 16.3 Å². The summed E-state index contributed by atoms with van der Waals surface area (Å²) in [6, 6.07) is 2.12. The first-order valence-electron chi connectivity index (χ1n) is 5.18. The number of thiol groups is 1. The van der Waals surface area contributed by atoms with Crippen molar-refractivity contribution in [1.82, 2.24) is 5.32 Å². The van der Waals surface area contributed by atoms with Gasteiger partial charge in [0.2, 0.25) is 0 Å². The summed E-state index contributed by atoms with van der Waals surface area (Å²) in [5, 5.41) is 4.02. The third-order valence-corrected chi connectivity index (χ3v) is 3.74. The normalized spacial score (nSPS) is 12.6. The third-order valence-electron chi connectivity index (χ3n) is 2.79. The molecule has 4 heteroatoms. The van der Waals surface area contributed by atoms with E-state index in [1.165, 1.54) is 0 Å². The first-order valence-corrected chi connectivity index (χ1v) is 6.19. The van der Waals surface area contributed by atoms with Crippen molar-refractivity contribution in [2.75, 3.05) is 19.9 Å². The fourth-order valence-corrected chi connectivity index (χ4v) is 2.39. The fraction of sp³-hybridized carbons (Fsp3) is 0.500. The average molecular weight is 260 g/mol. The Morgan fingerprint density at radius 3 is 2.56 bits per heavy atom. The highest BCUT2D eigenvalue weighted by Gasteiger charge is 2.19. The molecule has 0 fully saturated rings. The van der Waals surface area contributed by atoms with Gasteiger partial charge in [-0.05, 0) is 38.1 Å². The van der Waals surface area contributed by atoms with Gasteiger partial charge in [-0.1, -0.05) is 11.6 Å². The molecule has 0 bridgehead atoms. The summed E-state index contributed by atoms with van der Waals surface area (Å²) in [6.07, 6.45) is 0. The minimum Gasteiger partial charge on any atom is -0.496 e. The van der Waals surface area contributed by atoms with E-state index >= 15 is 0 Å². The minimum absolute atomic E-state index is 0.149. The Kier molecular flexibility index (Phi) is 4.96. The highest BCUT2D eigenvalue weighted by molar-refractivity contribution is 7.80. The van der Waals surface area contributed by atoms with E-state index in [1.807, 2.05) is 27.0 Å². The number of hydrogen-bond donors (Lipinski definition) is 2. The molecule has 0 aliphatic heterocycles. The molecule has 0 aliphatic carbocycles. The molecule has 1 aromatic carbocycles. The van der Waals surface area contributed by atoms with Crippen molar-refractivity contribution in [3.8, 4) is 5.75 Å². The molecule has 1 unspecified atom stereocenters. The van der Waals surface area contributed by atoms with E-state index in [2.05, 4.69) is 17.9 Å². The predicted octanol–water partition coefficient (Wildman–Crippen LogP) is 3.16. The van der Waals surface area contributed by atoms with Crippen LogP contribution in [-0.2, 0) is 0 Å². The Hall–Kier alpha value is -0.380. The van der Waals surface area contributed by atoms with E-state index < -0.39 is 0 Å². The van der Waals surface area contributed by atoms with Gasteiger partial charge in [0.1, 0.15) is 5.75 Å². The van der Waals surface area contributed by atoms with Crippen molar-refractivity contribution >= 4 is 24.2 Å². The molecule has 0 saturated carbocycles. The van der Waals surface area contributed by atoms with E-state index in [0.717, 1.165) is 27.5 Å². The molecule has 1 N–H and O–H groups in total. The molecular formula is C12H18ClNOS. The Balaban J connectivity index is 3.40. The maximum atomic E-state index is 6.26. The number of rotatable bonds is 4. The summed E-state index contributed by atoms with van der Waals surface area (Å²) in [7, 11) is 3.59. The summed E-state index contributed by atoms with van der Waals surface area (Å²) in [6.45, 7) is 4.00. The highest BCUT2D eigenvalue weighted by atomic mass is 35.5. The molecule has 1 aromatic rings. The monoisotopic (exact) mass is 259 g/mol. The predicted molar refractivity (Wildman–Crippen MR) is 73.1 cm³/mol. The zero-order chi connectivity index (χ0) is 12.3.